The second kappa shape index (κ2) is 8.74. The molecule has 1 heterocycles. The maximum Gasteiger partial charge on any atom is 0.255 e. The van der Waals surface area contributed by atoms with Crippen LogP contribution in [0.5, 0.6) is 0 Å². The van der Waals surface area contributed by atoms with Crippen LogP contribution in [0.15, 0.2) is 53.4 Å². The van der Waals surface area contributed by atoms with Crippen molar-refractivity contribution in [3.8, 4) is 6.07 Å². The number of carbonyl (C=O) groups excluding carboxylic acids is 2. The van der Waals surface area contributed by atoms with Gasteiger partial charge in [0.15, 0.2) is 0 Å². The standard InChI is InChI=1S/C21H21N3O2S/c22-12-15-7-9-16(10-8-15)14-27-19-6-2-1-5-18(19)21(26)24-11-3-4-17(13-24)20(23)25/h1-2,5-10,17H,3-4,11,13-14H2,(H2,23,25). The highest BCUT2D eigenvalue weighted by Gasteiger charge is 2.28. The Labute approximate surface area is 163 Å². The van der Waals surface area contributed by atoms with Gasteiger partial charge in [-0.05, 0) is 42.7 Å². The predicted octanol–water partition coefficient (Wildman–Crippen LogP) is 3.19. The average molecular weight is 379 g/mol. The summed E-state index contributed by atoms with van der Waals surface area (Å²) in [6.07, 6.45) is 1.54. The van der Waals surface area contributed by atoms with Crippen LogP contribution in [0.4, 0.5) is 0 Å². The van der Waals surface area contributed by atoms with Crippen LogP contribution in [-0.2, 0) is 10.5 Å². The number of piperidine rings is 1. The molecule has 0 aromatic heterocycles. The topological polar surface area (TPSA) is 87.2 Å². The van der Waals surface area contributed by atoms with Gasteiger partial charge in [0.1, 0.15) is 0 Å². The molecule has 0 spiro atoms. The zero-order chi connectivity index (χ0) is 19.2. The normalized spacial score (nSPS) is 16.6. The van der Waals surface area contributed by atoms with Crippen LogP contribution in [0.1, 0.15) is 34.3 Å². The summed E-state index contributed by atoms with van der Waals surface area (Å²) < 4.78 is 0. The minimum absolute atomic E-state index is 0.0520. The second-order valence-corrected chi connectivity index (χ2v) is 7.60. The summed E-state index contributed by atoms with van der Waals surface area (Å²) in [6, 6.07) is 17.1. The summed E-state index contributed by atoms with van der Waals surface area (Å²) in [5.41, 5.74) is 7.81. The van der Waals surface area contributed by atoms with E-state index in [0.29, 0.717) is 30.0 Å². The van der Waals surface area contributed by atoms with Gasteiger partial charge >= 0.3 is 0 Å². The Morgan fingerprint density at radius 3 is 2.63 bits per heavy atom. The van der Waals surface area contributed by atoms with E-state index in [4.69, 9.17) is 11.0 Å². The van der Waals surface area contributed by atoms with E-state index in [-0.39, 0.29) is 17.7 Å². The lowest BCUT2D eigenvalue weighted by Gasteiger charge is -2.31. The summed E-state index contributed by atoms with van der Waals surface area (Å²) in [7, 11) is 0. The lowest BCUT2D eigenvalue weighted by molar-refractivity contribution is -0.123. The van der Waals surface area contributed by atoms with Gasteiger partial charge in [-0.15, -0.1) is 11.8 Å². The van der Waals surface area contributed by atoms with Crippen molar-refractivity contribution < 1.29 is 9.59 Å². The minimum atomic E-state index is -0.337. The molecule has 2 N–H and O–H groups in total. The van der Waals surface area contributed by atoms with E-state index >= 15 is 0 Å². The third kappa shape index (κ3) is 4.69. The predicted molar refractivity (Wildman–Crippen MR) is 105 cm³/mol. The molecule has 1 atom stereocenters. The fourth-order valence-electron chi connectivity index (χ4n) is 3.17. The quantitative estimate of drug-likeness (QED) is 0.808. The van der Waals surface area contributed by atoms with Crippen molar-refractivity contribution in [1.29, 1.82) is 5.26 Å². The summed E-state index contributed by atoms with van der Waals surface area (Å²) >= 11 is 1.59. The van der Waals surface area contributed by atoms with Gasteiger partial charge < -0.3 is 10.6 Å². The Hall–Kier alpha value is -2.78. The van der Waals surface area contributed by atoms with Crippen molar-refractivity contribution in [2.45, 2.75) is 23.5 Å². The molecule has 5 nitrogen and oxygen atoms in total. The van der Waals surface area contributed by atoms with Gasteiger partial charge in [-0.1, -0.05) is 24.3 Å². The maximum absolute atomic E-state index is 13.0. The monoisotopic (exact) mass is 379 g/mol. The highest BCUT2D eigenvalue weighted by atomic mass is 32.2. The number of benzene rings is 2. The Morgan fingerprint density at radius 2 is 1.93 bits per heavy atom. The SMILES string of the molecule is N#Cc1ccc(CSc2ccccc2C(=O)N2CCCC(C(N)=O)C2)cc1. The number of primary amides is 1. The third-order valence-electron chi connectivity index (χ3n) is 4.71. The average Bonchev–Trinajstić information content (AvgIpc) is 2.72. The van der Waals surface area contributed by atoms with Crippen molar-refractivity contribution in [3.05, 3.63) is 65.2 Å². The zero-order valence-corrected chi connectivity index (χ0v) is 15.7. The van der Waals surface area contributed by atoms with Crippen LogP contribution in [0, 0.1) is 17.2 Å². The first-order chi connectivity index (χ1) is 13.1. The van der Waals surface area contributed by atoms with Crippen LogP contribution in [0.25, 0.3) is 0 Å². The molecule has 0 aliphatic carbocycles. The van der Waals surface area contributed by atoms with Crippen LogP contribution in [0.3, 0.4) is 0 Å². The molecule has 0 bridgehead atoms. The number of rotatable bonds is 5. The molecule has 2 aromatic rings. The Kier molecular flexibility index (Phi) is 6.15. The number of amides is 2. The lowest BCUT2D eigenvalue weighted by atomic mass is 9.97. The van der Waals surface area contributed by atoms with Crippen LogP contribution in [0.2, 0.25) is 0 Å². The van der Waals surface area contributed by atoms with Crippen molar-refractivity contribution in [3.63, 3.8) is 0 Å². The molecule has 0 saturated carbocycles. The molecule has 1 fully saturated rings. The molecular weight excluding hydrogens is 358 g/mol. The van der Waals surface area contributed by atoms with Gasteiger partial charge in [0.05, 0.1) is 23.1 Å². The van der Waals surface area contributed by atoms with Crippen molar-refractivity contribution in [2.75, 3.05) is 13.1 Å². The number of hydrogen-bond acceptors (Lipinski definition) is 4. The minimum Gasteiger partial charge on any atom is -0.369 e. The summed E-state index contributed by atoms with van der Waals surface area (Å²) in [5.74, 6) is 0.0564. The van der Waals surface area contributed by atoms with Gasteiger partial charge in [0, 0.05) is 23.7 Å². The molecule has 2 amide bonds. The molecule has 138 valence electrons. The largest absolute Gasteiger partial charge is 0.369 e. The lowest BCUT2D eigenvalue weighted by Crippen LogP contribution is -2.44. The zero-order valence-electron chi connectivity index (χ0n) is 14.9. The molecule has 1 aliphatic heterocycles. The van der Waals surface area contributed by atoms with Crippen molar-refractivity contribution >= 4 is 23.6 Å². The van der Waals surface area contributed by atoms with E-state index in [9.17, 15) is 9.59 Å². The molecule has 6 heteroatoms. The molecule has 3 rings (SSSR count). The summed E-state index contributed by atoms with van der Waals surface area (Å²) in [6.45, 7) is 1.04. The molecule has 27 heavy (non-hydrogen) atoms. The maximum atomic E-state index is 13.0. The molecule has 1 saturated heterocycles. The summed E-state index contributed by atoms with van der Waals surface area (Å²) in [5, 5.41) is 8.88. The number of nitriles is 1. The van der Waals surface area contributed by atoms with Gasteiger partial charge in [-0.2, -0.15) is 5.26 Å². The van der Waals surface area contributed by atoms with E-state index in [0.717, 1.165) is 23.3 Å². The molecule has 0 radical (unpaired) electrons. The Morgan fingerprint density at radius 1 is 1.19 bits per heavy atom. The number of nitrogens with two attached hydrogens (primary N) is 1. The van der Waals surface area contributed by atoms with Gasteiger partial charge in [-0.25, -0.2) is 0 Å². The van der Waals surface area contributed by atoms with E-state index in [1.54, 1.807) is 28.8 Å². The highest BCUT2D eigenvalue weighted by molar-refractivity contribution is 7.98. The van der Waals surface area contributed by atoms with Crippen LogP contribution < -0.4 is 5.73 Å². The Balaban J connectivity index is 1.72. The molecular formula is C21H21N3O2S. The number of hydrogen-bond donors (Lipinski definition) is 1. The second-order valence-electron chi connectivity index (χ2n) is 6.59. The first-order valence-electron chi connectivity index (χ1n) is 8.88. The first kappa shape index (κ1) is 19.0. The Bertz CT molecular complexity index is 874. The van der Waals surface area contributed by atoms with Crippen LogP contribution >= 0.6 is 11.8 Å². The number of carbonyl (C=O) groups is 2. The van der Waals surface area contributed by atoms with Crippen molar-refractivity contribution in [1.82, 2.24) is 4.90 Å². The van der Waals surface area contributed by atoms with E-state index in [1.807, 2.05) is 36.4 Å². The fraction of sp³-hybridized carbons (Fsp3) is 0.286. The van der Waals surface area contributed by atoms with Crippen LogP contribution in [-0.4, -0.2) is 29.8 Å². The van der Waals surface area contributed by atoms with E-state index in [1.165, 1.54) is 0 Å². The van der Waals surface area contributed by atoms with E-state index in [2.05, 4.69) is 6.07 Å². The number of nitrogens with zero attached hydrogens (tertiary/aromatic N) is 2. The molecule has 2 aromatic carbocycles. The first-order valence-corrected chi connectivity index (χ1v) is 9.86. The van der Waals surface area contributed by atoms with Gasteiger partial charge in [-0.3, -0.25) is 9.59 Å². The summed E-state index contributed by atoms with van der Waals surface area (Å²) in [4.78, 5) is 27.1. The van der Waals surface area contributed by atoms with Crippen molar-refractivity contribution in [2.24, 2.45) is 11.7 Å². The van der Waals surface area contributed by atoms with Gasteiger partial charge in [0.2, 0.25) is 5.91 Å². The van der Waals surface area contributed by atoms with Gasteiger partial charge in [0.25, 0.3) is 5.91 Å². The van der Waals surface area contributed by atoms with E-state index < -0.39 is 0 Å². The fourth-order valence-corrected chi connectivity index (χ4v) is 4.17. The third-order valence-corrected chi connectivity index (χ3v) is 5.85. The molecule has 1 unspecified atom stereocenters. The molecule has 1 aliphatic rings. The number of likely N-dealkylation sites (tertiary alicyclic amines) is 1. The highest BCUT2D eigenvalue weighted by Crippen LogP contribution is 2.28. The smallest absolute Gasteiger partial charge is 0.255 e. The number of thioether (sulfide) groups is 1.